The number of alkyl halides is 3. The van der Waals surface area contributed by atoms with E-state index >= 15 is 0 Å². The van der Waals surface area contributed by atoms with Gasteiger partial charge in [-0.2, -0.15) is 13.2 Å². The van der Waals surface area contributed by atoms with Crippen molar-refractivity contribution in [2.75, 3.05) is 7.05 Å². The third kappa shape index (κ3) is 5.08. The maximum atomic E-state index is 13.0. The number of halogens is 3. The molecule has 0 aliphatic carbocycles. The Morgan fingerprint density at radius 1 is 0.933 bits per heavy atom. The van der Waals surface area contributed by atoms with E-state index in [-0.39, 0.29) is 24.6 Å². The van der Waals surface area contributed by atoms with Crippen molar-refractivity contribution in [3.05, 3.63) is 94.9 Å². The van der Waals surface area contributed by atoms with Crippen LogP contribution >= 0.6 is 0 Å². The molecule has 3 aromatic rings. The Morgan fingerprint density at radius 3 is 2.10 bits per heavy atom. The first-order chi connectivity index (χ1) is 14.3. The van der Waals surface area contributed by atoms with Gasteiger partial charge in [0.05, 0.1) is 18.4 Å². The largest absolute Gasteiger partial charge is 0.467 e. The number of rotatable bonds is 6. The van der Waals surface area contributed by atoms with Crippen molar-refractivity contribution in [3.8, 4) is 0 Å². The molecule has 0 spiro atoms. The first-order valence-corrected chi connectivity index (χ1v) is 9.08. The van der Waals surface area contributed by atoms with E-state index in [0.717, 1.165) is 29.8 Å². The molecule has 8 heteroatoms. The first kappa shape index (κ1) is 21.2. The third-order valence-corrected chi connectivity index (χ3v) is 4.49. The number of carbonyl (C=O) groups excluding carboxylic acids is 2. The lowest BCUT2D eigenvalue weighted by Gasteiger charge is -2.22. The summed E-state index contributed by atoms with van der Waals surface area (Å²) in [6, 6.07) is 14.2. The Labute approximate surface area is 171 Å². The summed E-state index contributed by atoms with van der Waals surface area (Å²) < 4.78 is 43.7. The monoisotopic (exact) mass is 416 g/mol. The van der Waals surface area contributed by atoms with Crippen LogP contribution in [0, 0.1) is 0 Å². The van der Waals surface area contributed by atoms with Gasteiger partial charge in [0.15, 0.2) is 0 Å². The molecule has 0 aliphatic rings. The fraction of sp³-hybridized carbons (Fsp3) is 0.182. The summed E-state index contributed by atoms with van der Waals surface area (Å²) in [5.41, 5.74) is 0.556. The zero-order valence-electron chi connectivity index (χ0n) is 16.1. The van der Waals surface area contributed by atoms with Crippen LogP contribution in [0.15, 0.2) is 71.3 Å². The molecule has 3 rings (SSSR count). The molecule has 0 radical (unpaired) electrons. The molecular weight excluding hydrogens is 397 g/mol. The van der Waals surface area contributed by atoms with Crippen molar-refractivity contribution in [1.29, 1.82) is 0 Å². The summed E-state index contributed by atoms with van der Waals surface area (Å²) in [4.78, 5) is 26.1. The highest BCUT2D eigenvalue weighted by molar-refractivity contribution is 5.95. The van der Waals surface area contributed by atoms with Gasteiger partial charge in [0, 0.05) is 24.7 Å². The minimum Gasteiger partial charge on any atom is -0.467 e. The van der Waals surface area contributed by atoms with E-state index in [1.54, 1.807) is 36.4 Å². The van der Waals surface area contributed by atoms with Gasteiger partial charge in [-0.3, -0.25) is 9.59 Å². The Balaban J connectivity index is 1.83. The van der Waals surface area contributed by atoms with Gasteiger partial charge in [-0.15, -0.1) is 0 Å². The summed E-state index contributed by atoms with van der Waals surface area (Å²) in [6.45, 7) is 0.332. The molecule has 1 heterocycles. The van der Waals surface area contributed by atoms with Gasteiger partial charge in [0.25, 0.3) is 11.8 Å². The highest BCUT2D eigenvalue weighted by Gasteiger charge is 2.30. The van der Waals surface area contributed by atoms with Gasteiger partial charge in [-0.25, -0.2) is 0 Å². The Hall–Kier alpha value is -3.55. The highest BCUT2D eigenvalue weighted by Crippen LogP contribution is 2.29. The second kappa shape index (κ2) is 8.86. The van der Waals surface area contributed by atoms with Crippen molar-refractivity contribution >= 4 is 11.8 Å². The lowest BCUT2D eigenvalue weighted by molar-refractivity contribution is -0.137. The van der Waals surface area contributed by atoms with E-state index in [0.29, 0.717) is 11.3 Å². The van der Waals surface area contributed by atoms with Gasteiger partial charge < -0.3 is 14.6 Å². The zero-order valence-corrected chi connectivity index (χ0v) is 16.1. The zero-order chi connectivity index (χ0) is 21.7. The molecule has 30 heavy (non-hydrogen) atoms. The molecule has 0 saturated carbocycles. The maximum Gasteiger partial charge on any atom is 0.416 e. The lowest BCUT2D eigenvalue weighted by atomic mass is 10.1. The molecule has 156 valence electrons. The Morgan fingerprint density at radius 2 is 1.57 bits per heavy atom. The van der Waals surface area contributed by atoms with E-state index in [2.05, 4.69) is 5.32 Å². The maximum absolute atomic E-state index is 13.0. The Kier molecular flexibility index (Phi) is 6.25. The van der Waals surface area contributed by atoms with Crippen LogP contribution in [0.5, 0.6) is 0 Å². The number of benzene rings is 2. The minimum absolute atomic E-state index is 0.136. The molecule has 0 bridgehead atoms. The molecule has 1 N–H and O–H groups in total. The predicted molar refractivity (Wildman–Crippen MR) is 104 cm³/mol. The van der Waals surface area contributed by atoms with E-state index in [9.17, 15) is 22.8 Å². The van der Waals surface area contributed by atoms with Gasteiger partial charge in [0.2, 0.25) is 0 Å². The molecular formula is C22H19F3N2O3. The van der Waals surface area contributed by atoms with E-state index in [1.807, 2.05) is 0 Å². The summed E-state index contributed by atoms with van der Waals surface area (Å²) >= 11 is 0. The number of nitrogens with zero attached hydrogens (tertiary/aromatic N) is 1. The number of furan rings is 1. The SMILES string of the molecule is CNC(=O)c1ccc(CN(Cc2ccco2)C(=O)c2ccc(C(F)(F)F)cc2)cc1. The predicted octanol–water partition coefficient (Wildman–Crippen LogP) is 4.50. The van der Waals surface area contributed by atoms with E-state index < -0.39 is 17.6 Å². The standard InChI is InChI=1S/C22H19F3N2O3/c1-26-20(28)16-6-4-15(5-7-16)13-27(14-19-3-2-12-30-19)21(29)17-8-10-18(11-9-17)22(23,24)25/h2-12H,13-14H2,1H3,(H,26,28). The quantitative estimate of drug-likeness (QED) is 0.644. The molecule has 2 amide bonds. The lowest BCUT2D eigenvalue weighted by Crippen LogP contribution is -2.30. The molecule has 2 aromatic carbocycles. The summed E-state index contributed by atoms with van der Waals surface area (Å²) in [5.74, 6) is -0.123. The second-order valence-electron chi connectivity index (χ2n) is 6.59. The fourth-order valence-corrected chi connectivity index (χ4v) is 2.90. The van der Waals surface area contributed by atoms with Crippen LogP contribution < -0.4 is 5.32 Å². The average Bonchev–Trinajstić information content (AvgIpc) is 3.25. The van der Waals surface area contributed by atoms with Crippen LogP contribution in [-0.2, 0) is 19.3 Å². The minimum atomic E-state index is -4.47. The van der Waals surface area contributed by atoms with Crippen molar-refractivity contribution < 1.29 is 27.2 Å². The molecule has 0 saturated heterocycles. The Bertz CT molecular complexity index is 996. The van der Waals surface area contributed by atoms with Gasteiger partial charge in [0.1, 0.15) is 5.76 Å². The van der Waals surface area contributed by atoms with Crippen LogP contribution in [0.1, 0.15) is 37.6 Å². The van der Waals surface area contributed by atoms with E-state index in [1.165, 1.54) is 18.2 Å². The van der Waals surface area contributed by atoms with Gasteiger partial charge in [-0.1, -0.05) is 12.1 Å². The van der Waals surface area contributed by atoms with Crippen molar-refractivity contribution in [3.63, 3.8) is 0 Å². The topological polar surface area (TPSA) is 62.6 Å². The van der Waals surface area contributed by atoms with Crippen molar-refractivity contribution in [2.45, 2.75) is 19.3 Å². The van der Waals surface area contributed by atoms with Gasteiger partial charge >= 0.3 is 6.18 Å². The number of carbonyl (C=O) groups is 2. The van der Waals surface area contributed by atoms with Crippen LogP contribution in [-0.4, -0.2) is 23.8 Å². The highest BCUT2D eigenvalue weighted by atomic mass is 19.4. The second-order valence-corrected chi connectivity index (χ2v) is 6.59. The summed E-state index contributed by atoms with van der Waals surface area (Å²) in [5, 5.41) is 2.53. The van der Waals surface area contributed by atoms with Crippen LogP contribution in [0.4, 0.5) is 13.2 Å². The number of amides is 2. The number of hydrogen-bond acceptors (Lipinski definition) is 3. The molecule has 0 fully saturated rings. The first-order valence-electron chi connectivity index (χ1n) is 9.08. The van der Waals surface area contributed by atoms with Crippen LogP contribution in [0.25, 0.3) is 0 Å². The molecule has 1 aromatic heterocycles. The summed E-state index contributed by atoms with van der Waals surface area (Å²) in [6.07, 6.45) is -2.99. The normalized spacial score (nSPS) is 11.2. The van der Waals surface area contributed by atoms with Crippen LogP contribution in [0.2, 0.25) is 0 Å². The van der Waals surface area contributed by atoms with Crippen molar-refractivity contribution in [2.24, 2.45) is 0 Å². The average molecular weight is 416 g/mol. The molecule has 0 atom stereocenters. The molecule has 5 nitrogen and oxygen atoms in total. The summed E-state index contributed by atoms with van der Waals surface area (Å²) in [7, 11) is 1.53. The smallest absolute Gasteiger partial charge is 0.416 e. The number of hydrogen-bond donors (Lipinski definition) is 1. The molecule has 0 unspecified atom stereocenters. The fourth-order valence-electron chi connectivity index (χ4n) is 2.90. The van der Waals surface area contributed by atoms with Crippen LogP contribution in [0.3, 0.4) is 0 Å². The van der Waals surface area contributed by atoms with Gasteiger partial charge in [-0.05, 0) is 54.1 Å². The number of nitrogens with one attached hydrogen (secondary N) is 1. The van der Waals surface area contributed by atoms with E-state index in [4.69, 9.17) is 4.42 Å². The molecule has 0 aliphatic heterocycles. The van der Waals surface area contributed by atoms with Crippen molar-refractivity contribution in [1.82, 2.24) is 10.2 Å². The third-order valence-electron chi connectivity index (χ3n) is 4.49.